The molecular formula is C18H20FN5O4S. The summed E-state index contributed by atoms with van der Waals surface area (Å²) in [5.41, 5.74) is 4.37. The molecule has 0 bridgehead atoms. The first-order chi connectivity index (χ1) is 14.1. The van der Waals surface area contributed by atoms with Gasteiger partial charge < -0.3 is 10.0 Å². The number of halogens is 1. The predicted molar refractivity (Wildman–Crippen MR) is 101 cm³/mol. The van der Waals surface area contributed by atoms with E-state index < -0.39 is 0 Å². The Kier molecular flexibility index (Phi) is 5.79. The summed E-state index contributed by atoms with van der Waals surface area (Å²) in [7, 11) is 0. The van der Waals surface area contributed by atoms with Gasteiger partial charge in [-0.1, -0.05) is 17.8 Å². The number of hydroxylamine groups is 1. The zero-order chi connectivity index (χ0) is 20.4. The fraction of sp³-hybridized carbons (Fsp3) is 0.444. The fourth-order valence-electron chi connectivity index (χ4n) is 3.43. The molecule has 11 heteroatoms. The monoisotopic (exact) mass is 421 g/mol. The number of benzene rings is 1. The third-order valence-electron chi connectivity index (χ3n) is 5.08. The Morgan fingerprint density at radius 2 is 2.24 bits per heavy atom. The van der Waals surface area contributed by atoms with Crippen LogP contribution < -0.4 is 5.48 Å². The second-order valence-corrected chi connectivity index (χ2v) is 8.26. The Morgan fingerprint density at radius 1 is 1.41 bits per heavy atom. The molecule has 1 aromatic carbocycles. The number of aliphatic hydroxyl groups is 1. The van der Waals surface area contributed by atoms with Gasteiger partial charge in [-0.2, -0.15) is 0 Å². The Labute approximate surface area is 169 Å². The molecule has 3 N–H and O–H groups in total. The van der Waals surface area contributed by atoms with E-state index >= 15 is 0 Å². The van der Waals surface area contributed by atoms with Gasteiger partial charge in [0.05, 0.1) is 6.61 Å². The lowest BCUT2D eigenvalue weighted by atomic mass is 9.77. The van der Waals surface area contributed by atoms with E-state index in [1.54, 1.807) is 11.0 Å². The van der Waals surface area contributed by atoms with Gasteiger partial charge in [0.25, 0.3) is 0 Å². The van der Waals surface area contributed by atoms with Crippen molar-refractivity contribution in [3.8, 4) is 0 Å². The van der Waals surface area contributed by atoms with E-state index in [0.29, 0.717) is 24.7 Å². The van der Waals surface area contributed by atoms with Gasteiger partial charge in [0, 0.05) is 37.2 Å². The van der Waals surface area contributed by atoms with E-state index in [1.165, 1.54) is 23.9 Å². The second kappa shape index (κ2) is 8.47. The average Bonchev–Trinajstić information content (AvgIpc) is 3.11. The number of nitrogens with one attached hydrogen (secondary N) is 1. The molecule has 29 heavy (non-hydrogen) atoms. The molecule has 0 radical (unpaired) electrons. The largest absolute Gasteiger partial charge is 0.396 e. The minimum Gasteiger partial charge on any atom is -0.396 e. The molecule has 0 unspecified atom stereocenters. The Morgan fingerprint density at radius 3 is 3.00 bits per heavy atom. The molecule has 1 aromatic heterocycles. The molecule has 1 amide bonds. The average molecular weight is 421 g/mol. The van der Waals surface area contributed by atoms with Crippen LogP contribution in [0.1, 0.15) is 29.2 Å². The highest BCUT2D eigenvalue weighted by Crippen LogP contribution is 2.36. The summed E-state index contributed by atoms with van der Waals surface area (Å²) in [5, 5.41) is 26.6. The van der Waals surface area contributed by atoms with Gasteiger partial charge >= 0.3 is 0 Å². The number of hydrogen-bond acceptors (Lipinski definition) is 8. The topological polar surface area (TPSA) is 124 Å². The van der Waals surface area contributed by atoms with Crippen molar-refractivity contribution in [3.63, 3.8) is 0 Å². The number of aliphatic hydroxyl groups excluding tert-OH is 1. The first-order valence-corrected chi connectivity index (χ1v) is 10.1. The predicted octanol–water partition coefficient (Wildman–Crippen LogP) is 0.959. The summed E-state index contributed by atoms with van der Waals surface area (Å²) in [4.78, 5) is 17.8. The molecule has 1 saturated heterocycles. The van der Waals surface area contributed by atoms with Crippen molar-refractivity contribution in [3.05, 3.63) is 40.8 Å². The maximum atomic E-state index is 13.4. The van der Waals surface area contributed by atoms with Crippen LogP contribution in [0.15, 0.2) is 32.8 Å². The molecule has 1 aliphatic heterocycles. The summed E-state index contributed by atoms with van der Waals surface area (Å²) in [5.74, 6) is -0.146. The molecule has 2 aliphatic rings. The van der Waals surface area contributed by atoms with Crippen molar-refractivity contribution in [2.75, 3.05) is 26.2 Å². The van der Waals surface area contributed by atoms with Crippen LogP contribution in [0, 0.1) is 5.82 Å². The van der Waals surface area contributed by atoms with Crippen molar-refractivity contribution < 1.29 is 24.1 Å². The first-order valence-electron chi connectivity index (χ1n) is 9.20. The van der Waals surface area contributed by atoms with E-state index in [-0.39, 0.29) is 47.4 Å². The molecule has 0 spiro atoms. The number of nitrogens with zero attached hydrogens (tertiary/aromatic N) is 4. The van der Waals surface area contributed by atoms with Crippen LogP contribution in [-0.2, 0) is 11.2 Å². The summed E-state index contributed by atoms with van der Waals surface area (Å²) < 4.78 is 18.2. The zero-order valence-corrected chi connectivity index (χ0v) is 16.2. The number of amidine groups is 1. The zero-order valence-electron chi connectivity index (χ0n) is 15.4. The van der Waals surface area contributed by atoms with Crippen molar-refractivity contribution in [1.29, 1.82) is 0 Å². The minimum absolute atomic E-state index is 0.0812. The number of amides is 1. The quantitative estimate of drug-likeness (QED) is 0.343. The SMILES string of the molecule is O=C(CCO)N1CC(Sc2nonc2C(=NC[C@H]2Cc3ccc(F)cc32)NO)C1. The number of hydrogen-bond donors (Lipinski definition) is 3. The fourth-order valence-corrected chi connectivity index (χ4v) is 4.58. The van der Waals surface area contributed by atoms with Crippen molar-refractivity contribution in [2.45, 2.75) is 29.0 Å². The molecule has 0 saturated carbocycles. The lowest BCUT2D eigenvalue weighted by Gasteiger charge is -2.38. The number of rotatable bonds is 7. The maximum absolute atomic E-state index is 13.4. The lowest BCUT2D eigenvalue weighted by molar-refractivity contribution is -0.134. The van der Waals surface area contributed by atoms with Gasteiger partial charge in [-0.3, -0.25) is 20.5 Å². The van der Waals surface area contributed by atoms with Gasteiger partial charge in [0.15, 0.2) is 16.6 Å². The molecule has 2 heterocycles. The smallest absolute Gasteiger partial charge is 0.224 e. The summed E-state index contributed by atoms with van der Waals surface area (Å²) in [6.07, 6.45) is 0.920. The standard InChI is InChI=1S/C18H20FN5O4S/c19-12-2-1-10-5-11(14(10)6-12)7-20-17(21-27)16-18(23-28-22-16)29-13-8-24(9-13)15(26)3-4-25/h1-2,6,11,13,25,27H,3-5,7-9H2,(H,20,21)/t11-/m1/s1. The summed E-state index contributed by atoms with van der Waals surface area (Å²) >= 11 is 1.39. The highest BCUT2D eigenvalue weighted by Gasteiger charge is 2.33. The molecule has 2 aromatic rings. The number of carbonyl (C=O) groups excluding carboxylic acids is 1. The molecule has 1 atom stereocenters. The highest BCUT2D eigenvalue weighted by atomic mass is 32.2. The number of aromatic nitrogens is 2. The van der Waals surface area contributed by atoms with E-state index in [9.17, 15) is 14.4 Å². The van der Waals surface area contributed by atoms with E-state index in [4.69, 9.17) is 9.74 Å². The molecule has 4 rings (SSSR count). The number of likely N-dealkylation sites (tertiary alicyclic amines) is 1. The van der Waals surface area contributed by atoms with Gasteiger partial charge in [0.2, 0.25) is 5.91 Å². The molecule has 1 fully saturated rings. The number of carbonyl (C=O) groups is 1. The van der Waals surface area contributed by atoms with Gasteiger partial charge in [-0.05, 0) is 40.0 Å². The number of aliphatic imine (C=N–C) groups is 1. The Hall–Kier alpha value is -2.50. The van der Waals surface area contributed by atoms with E-state index in [2.05, 4.69) is 15.3 Å². The summed E-state index contributed by atoms with van der Waals surface area (Å²) in [6, 6.07) is 4.74. The number of fused-ring (bicyclic) bond motifs is 1. The Balaban J connectivity index is 1.38. The minimum atomic E-state index is -0.274. The maximum Gasteiger partial charge on any atom is 0.224 e. The van der Waals surface area contributed by atoms with Gasteiger partial charge in [-0.25, -0.2) is 9.02 Å². The molecular weight excluding hydrogens is 401 g/mol. The number of thioether (sulfide) groups is 1. The van der Waals surface area contributed by atoms with Crippen LogP contribution in [0.5, 0.6) is 0 Å². The first kappa shape index (κ1) is 19.8. The van der Waals surface area contributed by atoms with Crippen molar-refractivity contribution in [1.82, 2.24) is 20.7 Å². The van der Waals surface area contributed by atoms with E-state index in [0.717, 1.165) is 17.5 Å². The molecule has 154 valence electrons. The normalized spacial score (nSPS) is 18.8. The van der Waals surface area contributed by atoms with Crippen LogP contribution in [-0.4, -0.2) is 68.8 Å². The Bertz CT molecular complexity index is 931. The van der Waals surface area contributed by atoms with Crippen molar-refractivity contribution >= 4 is 23.5 Å². The lowest BCUT2D eigenvalue weighted by Crippen LogP contribution is -2.52. The van der Waals surface area contributed by atoms with Gasteiger partial charge in [0.1, 0.15) is 5.82 Å². The van der Waals surface area contributed by atoms with Crippen LogP contribution in [0.4, 0.5) is 4.39 Å². The van der Waals surface area contributed by atoms with Crippen LogP contribution in [0.2, 0.25) is 0 Å². The van der Waals surface area contributed by atoms with Crippen LogP contribution >= 0.6 is 11.8 Å². The third kappa shape index (κ3) is 4.11. The highest BCUT2D eigenvalue weighted by molar-refractivity contribution is 8.00. The van der Waals surface area contributed by atoms with Gasteiger partial charge in [-0.15, -0.1) is 0 Å². The van der Waals surface area contributed by atoms with Crippen LogP contribution in [0.3, 0.4) is 0 Å². The third-order valence-corrected chi connectivity index (χ3v) is 6.20. The van der Waals surface area contributed by atoms with Crippen molar-refractivity contribution in [2.24, 2.45) is 4.99 Å². The summed E-state index contributed by atoms with van der Waals surface area (Å²) in [6.45, 7) is 1.28. The molecule has 1 aliphatic carbocycles. The van der Waals surface area contributed by atoms with E-state index in [1.807, 2.05) is 5.48 Å². The second-order valence-electron chi connectivity index (χ2n) is 6.98. The molecule has 9 nitrogen and oxygen atoms in total. The van der Waals surface area contributed by atoms with Crippen LogP contribution in [0.25, 0.3) is 0 Å².